The fraction of sp³-hybridized carbons (Fsp3) is 0.462. The molecular formula is C13H17FN2O. The van der Waals surface area contributed by atoms with Gasteiger partial charge in [-0.05, 0) is 30.7 Å². The molecule has 1 N–H and O–H groups in total. The second-order valence-electron chi connectivity index (χ2n) is 4.54. The molecule has 0 radical (unpaired) electrons. The molecule has 1 aromatic rings. The van der Waals surface area contributed by atoms with Gasteiger partial charge in [0.05, 0.1) is 0 Å². The lowest BCUT2D eigenvalue weighted by atomic mass is 10.1. The highest BCUT2D eigenvalue weighted by Crippen LogP contribution is 2.19. The molecule has 17 heavy (non-hydrogen) atoms. The number of amides is 1. The Morgan fingerprint density at radius 1 is 1.47 bits per heavy atom. The zero-order valence-electron chi connectivity index (χ0n) is 9.95. The summed E-state index contributed by atoms with van der Waals surface area (Å²) >= 11 is 0. The predicted molar refractivity (Wildman–Crippen MR) is 65.4 cm³/mol. The van der Waals surface area contributed by atoms with Crippen molar-refractivity contribution in [1.82, 2.24) is 5.32 Å². The Hall–Kier alpha value is -1.42. The summed E-state index contributed by atoms with van der Waals surface area (Å²) in [6, 6.07) is 6.23. The Bertz CT molecular complexity index is 408. The molecule has 1 unspecified atom stereocenters. The predicted octanol–water partition coefficient (Wildman–Crippen LogP) is 1.79. The van der Waals surface area contributed by atoms with Crippen LogP contribution in [0.2, 0.25) is 0 Å². The van der Waals surface area contributed by atoms with Gasteiger partial charge in [0.1, 0.15) is 5.82 Å². The van der Waals surface area contributed by atoms with Gasteiger partial charge in [-0.15, -0.1) is 0 Å². The molecule has 1 heterocycles. The molecule has 3 nitrogen and oxygen atoms in total. The van der Waals surface area contributed by atoms with E-state index in [1.807, 2.05) is 0 Å². The molecule has 0 bridgehead atoms. The van der Waals surface area contributed by atoms with Crippen molar-refractivity contribution in [2.45, 2.75) is 13.3 Å². The van der Waals surface area contributed by atoms with Crippen LogP contribution >= 0.6 is 0 Å². The van der Waals surface area contributed by atoms with Crippen LogP contribution in [0.5, 0.6) is 0 Å². The summed E-state index contributed by atoms with van der Waals surface area (Å²) in [5, 5.41) is 3.23. The van der Waals surface area contributed by atoms with Gasteiger partial charge in [0.2, 0.25) is 5.91 Å². The van der Waals surface area contributed by atoms with Crippen molar-refractivity contribution < 1.29 is 9.18 Å². The summed E-state index contributed by atoms with van der Waals surface area (Å²) in [5.41, 5.74) is 0.656. The molecule has 1 fully saturated rings. The van der Waals surface area contributed by atoms with Crippen LogP contribution in [0, 0.1) is 11.7 Å². The van der Waals surface area contributed by atoms with E-state index < -0.39 is 0 Å². The Balaban J connectivity index is 2.23. The minimum Gasteiger partial charge on any atom is -0.316 e. The second kappa shape index (κ2) is 5.27. The van der Waals surface area contributed by atoms with Crippen LogP contribution < -0.4 is 10.2 Å². The minimum atomic E-state index is -0.303. The third kappa shape index (κ3) is 3.03. The number of nitrogens with one attached hydrogen (secondary N) is 1. The number of rotatable bonds is 1. The maximum Gasteiger partial charge on any atom is 0.228 e. The third-order valence-electron chi connectivity index (χ3n) is 2.92. The Morgan fingerprint density at radius 3 is 3.06 bits per heavy atom. The molecule has 92 valence electrons. The number of benzene rings is 1. The molecule has 0 saturated carbocycles. The van der Waals surface area contributed by atoms with Gasteiger partial charge < -0.3 is 10.2 Å². The van der Waals surface area contributed by atoms with E-state index in [-0.39, 0.29) is 11.7 Å². The number of hydrogen-bond donors (Lipinski definition) is 1. The molecule has 0 spiro atoms. The molecule has 0 aromatic heterocycles. The maximum atomic E-state index is 13.2. The summed E-state index contributed by atoms with van der Waals surface area (Å²) in [4.78, 5) is 13.7. The SMILES string of the molecule is CC1CNCCC(=O)N(c2cccc(F)c2)C1. The van der Waals surface area contributed by atoms with Gasteiger partial charge in [-0.25, -0.2) is 4.39 Å². The highest BCUT2D eigenvalue weighted by Gasteiger charge is 2.20. The van der Waals surface area contributed by atoms with E-state index in [1.165, 1.54) is 12.1 Å². The smallest absolute Gasteiger partial charge is 0.228 e. The Labute approximate surface area is 101 Å². The number of halogens is 1. The first-order chi connectivity index (χ1) is 8.16. The van der Waals surface area contributed by atoms with Crippen molar-refractivity contribution in [2.24, 2.45) is 5.92 Å². The fourth-order valence-corrected chi connectivity index (χ4v) is 2.05. The molecular weight excluding hydrogens is 219 g/mol. The number of carbonyl (C=O) groups is 1. The number of anilines is 1. The van der Waals surface area contributed by atoms with Crippen LogP contribution in [-0.2, 0) is 4.79 Å². The first-order valence-electron chi connectivity index (χ1n) is 5.93. The van der Waals surface area contributed by atoms with Crippen molar-refractivity contribution in [2.75, 3.05) is 24.5 Å². The quantitative estimate of drug-likeness (QED) is 0.806. The molecule has 2 rings (SSSR count). The number of hydrogen-bond acceptors (Lipinski definition) is 2. The first-order valence-corrected chi connectivity index (χ1v) is 5.93. The van der Waals surface area contributed by atoms with Crippen molar-refractivity contribution in [3.63, 3.8) is 0 Å². The van der Waals surface area contributed by atoms with E-state index in [0.717, 1.165) is 6.54 Å². The maximum absolute atomic E-state index is 13.2. The summed E-state index contributed by atoms with van der Waals surface area (Å²) in [6.07, 6.45) is 0.462. The van der Waals surface area contributed by atoms with Crippen LogP contribution in [0.25, 0.3) is 0 Å². The van der Waals surface area contributed by atoms with Gasteiger partial charge in [0, 0.05) is 25.2 Å². The van der Waals surface area contributed by atoms with Crippen LogP contribution in [-0.4, -0.2) is 25.5 Å². The largest absolute Gasteiger partial charge is 0.316 e. The summed E-state index contributed by atoms with van der Waals surface area (Å²) < 4.78 is 13.2. The Kier molecular flexibility index (Phi) is 3.74. The first kappa shape index (κ1) is 12.0. The van der Waals surface area contributed by atoms with E-state index in [9.17, 15) is 9.18 Å². The van der Waals surface area contributed by atoms with Crippen molar-refractivity contribution in [3.8, 4) is 0 Å². The third-order valence-corrected chi connectivity index (χ3v) is 2.92. The van der Waals surface area contributed by atoms with Crippen LogP contribution in [0.4, 0.5) is 10.1 Å². The van der Waals surface area contributed by atoms with Crippen molar-refractivity contribution >= 4 is 11.6 Å². The van der Waals surface area contributed by atoms with Gasteiger partial charge in [-0.3, -0.25) is 4.79 Å². The summed E-state index contributed by atoms with van der Waals surface area (Å²) in [5.74, 6) is 0.111. The standard InChI is InChI=1S/C13H17FN2O/c1-10-8-15-6-5-13(17)16(9-10)12-4-2-3-11(14)7-12/h2-4,7,10,15H,5-6,8-9H2,1H3. The zero-order chi connectivity index (χ0) is 12.3. The van der Waals surface area contributed by atoms with E-state index in [1.54, 1.807) is 17.0 Å². The highest BCUT2D eigenvalue weighted by molar-refractivity contribution is 5.93. The van der Waals surface area contributed by atoms with E-state index in [2.05, 4.69) is 12.2 Å². The lowest BCUT2D eigenvalue weighted by molar-refractivity contribution is -0.118. The highest BCUT2D eigenvalue weighted by atomic mass is 19.1. The molecule has 4 heteroatoms. The van der Waals surface area contributed by atoms with Gasteiger partial charge in [0.15, 0.2) is 0 Å². The lowest BCUT2D eigenvalue weighted by Gasteiger charge is -2.28. The van der Waals surface area contributed by atoms with E-state index >= 15 is 0 Å². The molecule has 1 saturated heterocycles. The normalized spacial score (nSPS) is 22.1. The summed E-state index contributed by atoms with van der Waals surface area (Å²) in [6.45, 7) is 4.29. The van der Waals surface area contributed by atoms with Crippen LogP contribution in [0.15, 0.2) is 24.3 Å². The van der Waals surface area contributed by atoms with E-state index in [4.69, 9.17) is 0 Å². The van der Waals surface area contributed by atoms with Gasteiger partial charge >= 0.3 is 0 Å². The number of nitrogens with zero attached hydrogens (tertiary/aromatic N) is 1. The van der Waals surface area contributed by atoms with E-state index in [0.29, 0.717) is 31.1 Å². The average molecular weight is 236 g/mol. The van der Waals surface area contributed by atoms with Gasteiger partial charge in [0.25, 0.3) is 0 Å². The van der Waals surface area contributed by atoms with Gasteiger partial charge in [-0.1, -0.05) is 13.0 Å². The molecule has 1 aliphatic heterocycles. The average Bonchev–Trinajstić information content (AvgIpc) is 2.29. The van der Waals surface area contributed by atoms with Gasteiger partial charge in [-0.2, -0.15) is 0 Å². The molecule has 1 atom stereocenters. The molecule has 0 aliphatic carbocycles. The molecule has 1 aliphatic rings. The Morgan fingerprint density at radius 2 is 2.29 bits per heavy atom. The van der Waals surface area contributed by atoms with Crippen molar-refractivity contribution in [3.05, 3.63) is 30.1 Å². The zero-order valence-corrected chi connectivity index (χ0v) is 9.95. The molecule has 1 aromatic carbocycles. The van der Waals surface area contributed by atoms with Crippen LogP contribution in [0.1, 0.15) is 13.3 Å². The fourth-order valence-electron chi connectivity index (χ4n) is 2.05. The van der Waals surface area contributed by atoms with Crippen molar-refractivity contribution in [1.29, 1.82) is 0 Å². The second-order valence-corrected chi connectivity index (χ2v) is 4.54. The van der Waals surface area contributed by atoms with Crippen LogP contribution in [0.3, 0.4) is 0 Å². The lowest BCUT2D eigenvalue weighted by Crippen LogP contribution is -2.42. The minimum absolute atomic E-state index is 0.0506. The number of carbonyl (C=O) groups excluding carboxylic acids is 1. The topological polar surface area (TPSA) is 32.3 Å². The monoisotopic (exact) mass is 236 g/mol. The summed E-state index contributed by atoms with van der Waals surface area (Å²) in [7, 11) is 0. The molecule has 1 amide bonds.